The number of hydrogen-bond donors (Lipinski definition) is 1. The molecule has 0 saturated carbocycles. The van der Waals surface area contributed by atoms with E-state index in [4.69, 9.17) is 4.79 Å². The van der Waals surface area contributed by atoms with Crippen molar-refractivity contribution >= 4 is 75.3 Å². The van der Waals surface area contributed by atoms with Crippen LogP contribution in [0.4, 0.5) is 0 Å². The van der Waals surface area contributed by atoms with Crippen LogP contribution in [0.2, 0.25) is 0 Å². The molecule has 0 atom stereocenters. The van der Waals surface area contributed by atoms with Gasteiger partial charge in [0.05, 0.1) is 0 Å². The predicted octanol–water partition coefficient (Wildman–Crippen LogP) is -1.55. The van der Waals surface area contributed by atoms with Gasteiger partial charge in [0.2, 0.25) is 6.41 Å². The Morgan fingerprint density at radius 1 is 1.75 bits per heavy atom. The minimum atomic E-state index is 0. The normalized spacial score (nSPS) is 3.00. The molecule has 0 heterocycles. The first-order chi connectivity index (χ1) is 1.41. The van der Waals surface area contributed by atoms with Crippen LogP contribution in [0, 0.1) is 0 Å². The van der Waals surface area contributed by atoms with E-state index in [9.17, 15) is 0 Å². The van der Waals surface area contributed by atoms with Crippen molar-refractivity contribution < 1.29 is 4.79 Å². The van der Waals surface area contributed by atoms with Crippen LogP contribution in [0.3, 0.4) is 0 Å². The van der Waals surface area contributed by atoms with Gasteiger partial charge in [-0.1, -0.05) is 0 Å². The Morgan fingerprint density at radius 2 is 1.75 bits per heavy atom. The fourth-order valence-electron chi connectivity index (χ4n) is 0. The number of carbonyl (C=O) groups is 1. The Kier molecular flexibility index (Phi) is 20.1. The van der Waals surface area contributed by atoms with E-state index in [0.717, 1.165) is 0 Å². The van der Waals surface area contributed by atoms with E-state index in [1.807, 2.05) is 0 Å². The Bertz CT molecular complexity index is 15.5. The zero-order valence-corrected chi connectivity index (χ0v) is 1.56. The summed E-state index contributed by atoms with van der Waals surface area (Å²) in [4.78, 5) is 8.58. The molecule has 0 aliphatic rings. The zero-order valence-electron chi connectivity index (χ0n) is 1.56. The second kappa shape index (κ2) is 8.82. The molecule has 0 rings (SSSR count). The van der Waals surface area contributed by atoms with Gasteiger partial charge in [0.1, 0.15) is 0 Å². The Morgan fingerprint density at radius 3 is 1.75 bits per heavy atom. The van der Waals surface area contributed by atoms with E-state index in [1.165, 1.54) is 0 Å². The number of hydrogen-bond acceptors (Lipinski definition) is 1. The molecule has 0 aromatic heterocycles. The van der Waals surface area contributed by atoms with Gasteiger partial charge >= 0.3 is 68.9 Å². The van der Waals surface area contributed by atoms with Crippen molar-refractivity contribution in [2.75, 3.05) is 0 Å². The van der Waals surface area contributed by atoms with E-state index in [2.05, 4.69) is 5.73 Å². The van der Waals surface area contributed by atoms with E-state index in [0.29, 0.717) is 0 Å². The van der Waals surface area contributed by atoms with Crippen molar-refractivity contribution in [1.82, 2.24) is 0 Å². The maximum absolute atomic E-state index is 8.58. The number of primary amides is 1. The second-order valence-electron chi connectivity index (χ2n) is 0.136. The van der Waals surface area contributed by atoms with Crippen molar-refractivity contribution in [3.8, 4) is 0 Å². The van der Waals surface area contributed by atoms with Crippen LogP contribution in [0.5, 0.6) is 0 Å². The van der Waals surface area contributed by atoms with Crippen LogP contribution < -0.4 is 5.73 Å². The summed E-state index contributed by atoms with van der Waals surface area (Å²) in [6.07, 6.45) is 0.250. The van der Waals surface area contributed by atoms with Crippen LogP contribution in [-0.4, -0.2) is 75.3 Å². The third-order valence-corrected chi connectivity index (χ3v) is 0. The summed E-state index contributed by atoms with van der Waals surface area (Å²) in [6.45, 7) is 0. The summed E-state index contributed by atoms with van der Waals surface area (Å²) >= 11 is 0. The first-order valence-corrected chi connectivity index (χ1v) is 0.569. The second-order valence-corrected chi connectivity index (χ2v) is 0.136. The molecule has 0 fully saturated rings. The van der Waals surface area contributed by atoms with Crippen LogP contribution in [0.25, 0.3) is 0 Å². The van der Waals surface area contributed by atoms with Crippen LogP contribution in [-0.2, 0) is 4.79 Å². The molecular formula is CH4CsNO. The molecule has 4 heavy (non-hydrogen) atoms. The summed E-state index contributed by atoms with van der Waals surface area (Å²) in [5, 5.41) is 0. The summed E-state index contributed by atoms with van der Waals surface area (Å²) in [7, 11) is 0. The molecular weight excluding hydrogens is 175 g/mol. The number of rotatable bonds is 0. The van der Waals surface area contributed by atoms with Crippen LogP contribution in [0.1, 0.15) is 0 Å². The van der Waals surface area contributed by atoms with E-state index in [1.54, 1.807) is 0 Å². The summed E-state index contributed by atoms with van der Waals surface area (Å²) in [6, 6.07) is 0. The molecule has 0 unspecified atom stereocenters. The monoisotopic (exact) mass is 179 g/mol. The van der Waals surface area contributed by atoms with Crippen molar-refractivity contribution in [2.45, 2.75) is 0 Å². The first-order valence-electron chi connectivity index (χ1n) is 0.569. The fraction of sp³-hybridized carbons (Fsp3) is 0. The Balaban J connectivity index is 0. The summed E-state index contributed by atoms with van der Waals surface area (Å²) in [5.41, 5.74) is 4.17. The molecule has 3 heteroatoms. The molecule has 2 nitrogen and oxygen atoms in total. The van der Waals surface area contributed by atoms with E-state index < -0.39 is 0 Å². The van der Waals surface area contributed by atoms with Gasteiger partial charge < -0.3 is 5.73 Å². The third kappa shape index (κ3) is 9.67. The summed E-state index contributed by atoms with van der Waals surface area (Å²) < 4.78 is 0. The van der Waals surface area contributed by atoms with Crippen molar-refractivity contribution in [2.24, 2.45) is 5.73 Å². The zero-order chi connectivity index (χ0) is 2.71. The number of carbonyl (C=O) groups excluding carboxylic acids is 1. The van der Waals surface area contributed by atoms with Crippen LogP contribution >= 0.6 is 0 Å². The van der Waals surface area contributed by atoms with Gasteiger partial charge in [-0.25, -0.2) is 0 Å². The molecule has 0 radical (unpaired) electrons. The average molecular weight is 179 g/mol. The van der Waals surface area contributed by atoms with Crippen molar-refractivity contribution in [3.05, 3.63) is 0 Å². The minimum absolute atomic E-state index is 0. The molecule has 0 bridgehead atoms. The predicted molar refractivity (Wildman–Crippen MR) is 17.4 cm³/mol. The maximum atomic E-state index is 8.58. The van der Waals surface area contributed by atoms with Gasteiger partial charge in [-0.05, 0) is 0 Å². The molecule has 0 spiro atoms. The molecule has 0 saturated heterocycles. The SMILES string of the molecule is NC=O.[CsH]. The molecule has 20 valence electrons. The molecule has 0 aromatic carbocycles. The van der Waals surface area contributed by atoms with Gasteiger partial charge in [-0.3, -0.25) is 4.79 Å². The molecule has 0 aliphatic carbocycles. The molecule has 0 aliphatic heterocycles. The van der Waals surface area contributed by atoms with E-state index >= 15 is 0 Å². The fourth-order valence-corrected chi connectivity index (χ4v) is 0. The van der Waals surface area contributed by atoms with Crippen LogP contribution in [0.15, 0.2) is 0 Å². The Labute approximate surface area is 83.5 Å². The average Bonchev–Trinajstić information content (AvgIpc) is 0.918. The Hall–Kier alpha value is 1.52. The first kappa shape index (κ1) is 9.10. The quantitative estimate of drug-likeness (QED) is 0.449. The summed E-state index contributed by atoms with van der Waals surface area (Å²) in [5.74, 6) is 0. The van der Waals surface area contributed by atoms with Gasteiger partial charge in [0, 0.05) is 0 Å². The standard InChI is InChI=1S/CH3NO.Cs.H/c2-1-3;;/h1H,(H2,2,3);;. The topological polar surface area (TPSA) is 43.1 Å². The molecule has 1 amide bonds. The molecule has 2 N–H and O–H groups in total. The number of nitrogens with two attached hydrogens (primary N) is 1. The van der Waals surface area contributed by atoms with Gasteiger partial charge in [0.25, 0.3) is 0 Å². The van der Waals surface area contributed by atoms with E-state index in [-0.39, 0.29) is 75.3 Å². The third-order valence-electron chi connectivity index (χ3n) is 0. The molecule has 0 aromatic rings. The van der Waals surface area contributed by atoms with Gasteiger partial charge in [-0.15, -0.1) is 0 Å². The van der Waals surface area contributed by atoms with Crippen molar-refractivity contribution in [1.29, 1.82) is 0 Å². The van der Waals surface area contributed by atoms with Gasteiger partial charge in [-0.2, -0.15) is 0 Å². The van der Waals surface area contributed by atoms with Gasteiger partial charge in [0.15, 0.2) is 0 Å². The number of amides is 1. The van der Waals surface area contributed by atoms with Crippen molar-refractivity contribution in [3.63, 3.8) is 0 Å².